The summed E-state index contributed by atoms with van der Waals surface area (Å²) in [5, 5.41) is 13.1. The summed E-state index contributed by atoms with van der Waals surface area (Å²) in [5.74, 6) is -0.0966. The summed E-state index contributed by atoms with van der Waals surface area (Å²) in [5.41, 5.74) is 4.74. The van der Waals surface area contributed by atoms with Crippen LogP contribution in [0.2, 0.25) is 0 Å². The molecule has 1 saturated carbocycles. The number of benzene rings is 2. The van der Waals surface area contributed by atoms with Crippen LogP contribution in [0.25, 0.3) is 0 Å². The number of nitrogens with one attached hydrogen (secondary N) is 2. The quantitative estimate of drug-likeness (QED) is 0.747. The van der Waals surface area contributed by atoms with E-state index in [1.165, 1.54) is 32.1 Å². The van der Waals surface area contributed by atoms with E-state index in [4.69, 9.17) is 0 Å². The lowest BCUT2D eigenvalue weighted by atomic mass is 9.95. The molecule has 4 rings (SSSR count). The Balaban J connectivity index is 1.34. The van der Waals surface area contributed by atoms with Crippen molar-refractivity contribution in [3.63, 3.8) is 0 Å². The van der Waals surface area contributed by atoms with E-state index in [1.54, 1.807) is 0 Å². The van der Waals surface area contributed by atoms with Gasteiger partial charge in [0.15, 0.2) is 0 Å². The minimum Gasteiger partial charge on any atom is -0.382 e. The van der Waals surface area contributed by atoms with Gasteiger partial charge in [-0.25, -0.2) is 0 Å². The van der Waals surface area contributed by atoms with Crippen molar-refractivity contribution in [3.8, 4) is 0 Å². The van der Waals surface area contributed by atoms with E-state index < -0.39 is 0 Å². The standard InChI is InChI=1S/C23H28N4O/c1-17-15-16-27(26-17)22-13-7-18(8-14-22)23(28)25-21-11-9-20(10-12-21)24-19-5-3-2-4-6-19/h7-14,19,24H,2-6,15-16H2,1H3,(H,25,28). The molecule has 0 bridgehead atoms. The fourth-order valence-corrected chi connectivity index (χ4v) is 3.88. The van der Waals surface area contributed by atoms with Crippen LogP contribution in [0.4, 0.5) is 17.1 Å². The van der Waals surface area contributed by atoms with Gasteiger partial charge < -0.3 is 10.6 Å². The van der Waals surface area contributed by atoms with E-state index >= 15 is 0 Å². The molecule has 5 heteroatoms. The first kappa shape index (κ1) is 18.5. The lowest BCUT2D eigenvalue weighted by Crippen LogP contribution is -2.22. The highest BCUT2D eigenvalue weighted by Crippen LogP contribution is 2.23. The normalized spacial score (nSPS) is 17.3. The van der Waals surface area contributed by atoms with E-state index in [0.29, 0.717) is 11.6 Å². The minimum absolute atomic E-state index is 0.0966. The summed E-state index contributed by atoms with van der Waals surface area (Å²) in [6, 6.07) is 16.2. The first-order chi connectivity index (χ1) is 13.7. The summed E-state index contributed by atoms with van der Waals surface area (Å²) in [4.78, 5) is 12.5. The molecule has 1 heterocycles. The van der Waals surface area contributed by atoms with Gasteiger partial charge in [0.05, 0.1) is 5.69 Å². The van der Waals surface area contributed by atoms with E-state index in [2.05, 4.69) is 15.7 Å². The Morgan fingerprint density at radius 2 is 1.64 bits per heavy atom. The number of carbonyl (C=O) groups excluding carboxylic acids is 1. The maximum absolute atomic E-state index is 12.5. The van der Waals surface area contributed by atoms with Gasteiger partial charge in [-0.2, -0.15) is 5.10 Å². The number of anilines is 3. The zero-order valence-corrected chi connectivity index (χ0v) is 16.4. The van der Waals surface area contributed by atoms with Gasteiger partial charge in [-0.3, -0.25) is 9.80 Å². The van der Waals surface area contributed by atoms with E-state index in [0.717, 1.165) is 35.7 Å². The third-order valence-electron chi connectivity index (χ3n) is 5.52. The lowest BCUT2D eigenvalue weighted by Gasteiger charge is -2.23. The fraction of sp³-hybridized carbons (Fsp3) is 0.391. The van der Waals surface area contributed by atoms with Crippen molar-refractivity contribution in [2.24, 2.45) is 5.10 Å². The zero-order chi connectivity index (χ0) is 19.3. The molecule has 2 aromatic rings. The number of rotatable bonds is 5. The summed E-state index contributed by atoms with van der Waals surface area (Å²) in [6.45, 7) is 2.94. The smallest absolute Gasteiger partial charge is 0.255 e. The van der Waals surface area contributed by atoms with Crippen LogP contribution in [0.5, 0.6) is 0 Å². The van der Waals surface area contributed by atoms with E-state index in [1.807, 2.05) is 60.5 Å². The van der Waals surface area contributed by atoms with Gasteiger partial charge in [0.25, 0.3) is 5.91 Å². The van der Waals surface area contributed by atoms with Crippen molar-refractivity contribution >= 4 is 28.7 Å². The first-order valence-electron chi connectivity index (χ1n) is 10.3. The molecule has 2 N–H and O–H groups in total. The Labute approximate surface area is 166 Å². The lowest BCUT2D eigenvalue weighted by molar-refractivity contribution is 0.102. The molecular formula is C23H28N4O. The average Bonchev–Trinajstić information content (AvgIpc) is 3.17. The third kappa shape index (κ3) is 4.53. The summed E-state index contributed by atoms with van der Waals surface area (Å²) >= 11 is 0. The molecule has 0 atom stereocenters. The van der Waals surface area contributed by atoms with E-state index in [-0.39, 0.29) is 5.91 Å². The van der Waals surface area contributed by atoms with Crippen molar-refractivity contribution in [3.05, 3.63) is 54.1 Å². The number of amides is 1. The Morgan fingerprint density at radius 3 is 2.29 bits per heavy atom. The highest BCUT2D eigenvalue weighted by atomic mass is 16.1. The molecule has 0 unspecified atom stereocenters. The van der Waals surface area contributed by atoms with E-state index in [9.17, 15) is 4.79 Å². The molecule has 0 aromatic heterocycles. The number of hydrazone groups is 1. The van der Waals surface area contributed by atoms with Crippen LogP contribution in [0, 0.1) is 0 Å². The van der Waals surface area contributed by atoms with Gasteiger partial charge >= 0.3 is 0 Å². The van der Waals surface area contributed by atoms with Crippen molar-refractivity contribution in [2.45, 2.75) is 51.5 Å². The predicted octanol–water partition coefficient (Wildman–Crippen LogP) is 5.27. The summed E-state index contributed by atoms with van der Waals surface area (Å²) in [7, 11) is 0. The van der Waals surface area contributed by atoms with Crippen molar-refractivity contribution in [1.29, 1.82) is 0 Å². The number of nitrogens with zero attached hydrogens (tertiary/aromatic N) is 2. The zero-order valence-electron chi connectivity index (χ0n) is 16.4. The molecule has 2 aliphatic rings. The molecule has 1 fully saturated rings. The minimum atomic E-state index is -0.0966. The van der Waals surface area contributed by atoms with Gasteiger partial charge in [-0.15, -0.1) is 0 Å². The Hall–Kier alpha value is -2.82. The van der Waals surface area contributed by atoms with Crippen LogP contribution >= 0.6 is 0 Å². The highest BCUT2D eigenvalue weighted by molar-refractivity contribution is 6.04. The van der Waals surface area contributed by atoms with Crippen LogP contribution < -0.4 is 15.6 Å². The molecule has 146 valence electrons. The second-order valence-electron chi connectivity index (χ2n) is 7.77. The van der Waals surface area contributed by atoms with Crippen LogP contribution in [0.15, 0.2) is 53.6 Å². The Morgan fingerprint density at radius 1 is 0.964 bits per heavy atom. The Kier molecular flexibility index (Phi) is 5.60. The van der Waals surface area contributed by atoms with Crippen molar-refractivity contribution < 1.29 is 4.79 Å². The van der Waals surface area contributed by atoms with Crippen LogP contribution in [-0.2, 0) is 0 Å². The number of carbonyl (C=O) groups is 1. The van der Waals surface area contributed by atoms with Gasteiger partial charge in [-0.05, 0) is 68.3 Å². The molecule has 5 nitrogen and oxygen atoms in total. The van der Waals surface area contributed by atoms with Gasteiger partial charge in [-0.1, -0.05) is 19.3 Å². The topological polar surface area (TPSA) is 56.7 Å². The Bertz CT molecular complexity index is 836. The fourth-order valence-electron chi connectivity index (χ4n) is 3.88. The molecular weight excluding hydrogens is 348 g/mol. The number of hydrogen-bond donors (Lipinski definition) is 2. The molecule has 28 heavy (non-hydrogen) atoms. The molecule has 1 aliphatic carbocycles. The molecule has 1 aliphatic heterocycles. The van der Waals surface area contributed by atoms with Crippen LogP contribution in [0.3, 0.4) is 0 Å². The SMILES string of the molecule is CC1=NN(c2ccc(C(=O)Nc3ccc(NC4CCCCC4)cc3)cc2)CC1. The molecule has 2 aromatic carbocycles. The molecule has 0 radical (unpaired) electrons. The number of hydrogen-bond acceptors (Lipinski definition) is 4. The second-order valence-corrected chi connectivity index (χ2v) is 7.77. The van der Waals surface area contributed by atoms with Gasteiger partial charge in [0.1, 0.15) is 0 Å². The van der Waals surface area contributed by atoms with Crippen molar-refractivity contribution in [2.75, 3.05) is 22.2 Å². The summed E-state index contributed by atoms with van der Waals surface area (Å²) < 4.78 is 0. The maximum Gasteiger partial charge on any atom is 0.255 e. The highest BCUT2D eigenvalue weighted by Gasteiger charge is 2.14. The second kappa shape index (κ2) is 8.46. The average molecular weight is 377 g/mol. The van der Waals surface area contributed by atoms with Gasteiger partial charge in [0.2, 0.25) is 0 Å². The predicted molar refractivity (Wildman–Crippen MR) is 116 cm³/mol. The maximum atomic E-state index is 12.5. The van der Waals surface area contributed by atoms with Crippen LogP contribution in [0.1, 0.15) is 55.8 Å². The van der Waals surface area contributed by atoms with Crippen molar-refractivity contribution in [1.82, 2.24) is 0 Å². The summed E-state index contributed by atoms with van der Waals surface area (Å²) in [6.07, 6.45) is 7.47. The molecule has 1 amide bonds. The van der Waals surface area contributed by atoms with Gasteiger partial charge in [0, 0.05) is 41.7 Å². The largest absolute Gasteiger partial charge is 0.382 e. The molecule has 0 spiro atoms. The van der Waals surface area contributed by atoms with Crippen LogP contribution in [-0.4, -0.2) is 24.2 Å². The molecule has 0 saturated heterocycles. The monoisotopic (exact) mass is 376 g/mol. The third-order valence-corrected chi connectivity index (χ3v) is 5.52. The first-order valence-corrected chi connectivity index (χ1v) is 10.3.